The van der Waals surface area contributed by atoms with E-state index in [0.717, 1.165) is 30.1 Å². The van der Waals surface area contributed by atoms with Gasteiger partial charge in [0.05, 0.1) is 9.13 Å². The van der Waals surface area contributed by atoms with Crippen molar-refractivity contribution in [3.63, 3.8) is 0 Å². The molecule has 0 aliphatic carbocycles. The summed E-state index contributed by atoms with van der Waals surface area (Å²) in [5, 5.41) is 16.8. The minimum Gasteiger partial charge on any atom is -0.507 e. The van der Waals surface area contributed by atoms with E-state index in [1.54, 1.807) is 17.4 Å². The van der Waals surface area contributed by atoms with Gasteiger partial charge in [0, 0.05) is 4.88 Å². The summed E-state index contributed by atoms with van der Waals surface area (Å²) in [7, 11) is 0. The molecule has 1 atom stereocenters. The summed E-state index contributed by atoms with van der Waals surface area (Å²) in [6.07, 6.45) is -0.262. The van der Waals surface area contributed by atoms with E-state index < -0.39 is 0 Å². The molecule has 6 heteroatoms. The summed E-state index contributed by atoms with van der Waals surface area (Å²) >= 11 is 3.68. The van der Waals surface area contributed by atoms with Crippen LogP contribution in [0.3, 0.4) is 0 Å². The van der Waals surface area contributed by atoms with Gasteiger partial charge in [0.15, 0.2) is 0 Å². The largest absolute Gasteiger partial charge is 0.507 e. The van der Waals surface area contributed by atoms with Crippen molar-refractivity contribution in [2.45, 2.75) is 20.0 Å². The van der Waals surface area contributed by atoms with Gasteiger partial charge in [-0.05, 0) is 59.7 Å². The Balaban J connectivity index is 1.99. The molecule has 20 heavy (non-hydrogen) atoms. The summed E-state index contributed by atoms with van der Waals surface area (Å²) in [6.45, 7) is 3.99. The number of halogens is 1. The fourth-order valence-corrected chi connectivity index (χ4v) is 3.87. The maximum absolute atomic E-state index is 12.3. The van der Waals surface area contributed by atoms with E-state index in [4.69, 9.17) is 0 Å². The number of carbonyl (C=O) groups excluding carboxylic acids is 1. The average molecular weight is 400 g/mol. The second-order valence-electron chi connectivity index (χ2n) is 4.75. The van der Waals surface area contributed by atoms with E-state index in [9.17, 15) is 9.90 Å². The smallest absolute Gasteiger partial charge is 0.256 e. The highest BCUT2D eigenvalue weighted by Gasteiger charge is 2.29. The van der Waals surface area contributed by atoms with E-state index in [0.29, 0.717) is 0 Å². The molecule has 4 nitrogen and oxygen atoms in total. The highest BCUT2D eigenvalue weighted by atomic mass is 127. The molecule has 1 amide bonds. The molecule has 3 rings (SSSR count). The lowest BCUT2D eigenvalue weighted by atomic mass is 10.1. The number of benzene rings is 1. The lowest BCUT2D eigenvalue weighted by Gasteiger charge is -2.26. The first-order valence-electron chi connectivity index (χ1n) is 6.13. The number of aryl methyl sites for hydroxylation is 1. The van der Waals surface area contributed by atoms with Crippen molar-refractivity contribution in [1.29, 1.82) is 0 Å². The molecular formula is C14H13IN2O2S. The number of phenolic OH excluding ortho intramolecular Hbond substituents is 1. The average Bonchev–Trinajstić information content (AvgIpc) is 2.68. The van der Waals surface area contributed by atoms with Gasteiger partial charge < -0.3 is 15.7 Å². The van der Waals surface area contributed by atoms with E-state index >= 15 is 0 Å². The molecule has 1 aromatic carbocycles. The van der Waals surface area contributed by atoms with Crippen LogP contribution in [0.5, 0.6) is 5.75 Å². The Hall–Kier alpha value is -1.28. The number of nitrogens with one attached hydrogen (secondary N) is 2. The Morgan fingerprint density at radius 2 is 2.05 bits per heavy atom. The van der Waals surface area contributed by atoms with Crippen molar-refractivity contribution in [1.82, 2.24) is 5.32 Å². The molecule has 104 valence electrons. The zero-order valence-electron chi connectivity index (χ0n) is 11.0. The van der Waals surface area contributed by atoms with Crippen LogP contribution in [0.4, 0.5) is 5.00 Å². The minimum atomic E-state index is -0.262. The molecular weight excluding hydrogens is 387 g/mol. The predicted octanol–water partition coefficient (Wildman–Crippen LogP) is 3.53. The standard InChI is InChI=1S/C14H13IN2O2S/c1-6-7(2)20-14-11(6)13(19)16-12(17-14)8-3-4-10(18)9(15)5-8/h3-5,12,17-18H,1-2H3,(H,16,19)/t12-/m1/s1. The molecule has 1 aliphatic heterocycles. The normalized spacial score (nSPS) is 17.4. The monoisotopic (exact) mass is 400 g/mol. The van der Waals surface area contributed by atoms with Crippen LogP contribution in [-0.4, -0.2) is 11.0 Å². The fourth-order valence-electron chi connectivity index (χ4n) is 2.24. The van der Waals surface area contributed by atoms with Crippen molar-refractivity contribution < 1.29 is 9.90 Å². The number of phenols is 1. The molecule has 0 saturated heterocycles. The van der Waals surface area contributed by atoms with Crippen LogP contribution in [0.25, 0.3) is 0 Å². The third-order valence-electron chi connectivity index (χ3n) is 3.47. The van der Waals surface area contributed by atoms with Gasteiger partial charge in [-0.3, -0.25) is 4.79 Å². The first-order valence-corrected chi connectivity index (χ1v) is 8.02. The van der Waals surface area contributed by atoms with Gasteiger partial charge in [-0.1, -0.05) is 6.07 Å². The molecule has 0 spiro atoms. The minimum absolute atomic E-state index is 0.0475. The van der Waals surface area contributed by atoms with Crippen molar-refractivity contribution in [3.8, 4) is 5.75 Å². The zero-order valence-corrected chi connectivity index (χ0v) is 13.9. The Bertz CT molecular complexity index is 711. The van der Waals surface area contributed by atoms with Crippen molar-refractivity contribution in [3.05, 3.63) is 43.3 Å². The summed E-state index contributed by atoms with van der Waals surface area (Å²) in [5.74, 6) is 0.202. The molecule has 1 aromatic heterocycles. The fraction of sp³-hybridized carbons (Fsp3) is 0.214. The van der Waals surface area contributed by atoms with Gasteiger partial charge in [0.25, 0.3) is 5.91 Å². The van der Waals surface area contributed by atoms with Gasteiger partial charge in [-0.25, -0.2) is 0 Å². The summed E-state index contributed by atoms with van der Waals surface area (Å²) in [4.78, 5) is 13.4. The van der Waals surface area contributed by atoms with E-state index in [1.165, 1.54) is 0 Å². The van der Waals surface area contributed by atoms with Crippen LogP contribution in [0.2, 0.25) is 0 Å². The molecule has 0 radical (unpaired) electrons. The van der Waals surface area contributed by atoms with Gasteiger partial charge in [-0.2, -0.15) is 0 Å². The maximum atomic E-state index is 12.3. The van der Waals surface area contributed by atoms with Gasteiger partial charge in [-0.15, -0.1) is 11.3 Å². The van der Waals surface area contributed by atoms with Crippen LogP contribution in [0.15, 0.2) is 18.2 Å². The Kier molecular flexibility index (Phi) is 3.37. The van der Waals surface area contributed by atoms with E-state index in [-0.39, 0.29) is 17.8 Å². The van der Waals surface area contributed by atoms with Gasteiger partial charge >= 0.3 is 0 Å². The highest BCUT2D eigenvalue weighted by Crippen LogP contribution is 2.37. The number of aromatic hydroxyl groups is 1. The van der Waals surface area contributed by atoms with Gasteiger partial charge in [0.1, 0.15) is 16.9 Å². The Labute approximate surface area is 134 Å². The molecule has 0 unspecified atom stereocenters. The molecule has 2 heterocycles. The summed E-state index contributed by atoms with van der Waals surface area (Å²) < 4.78 is 0.764. The molecule has 2 aromatic rings. The number of amides is 1. The number of thiophene rings is 1. The third kappa shape index (κ3) is 2.16. The lowest BCUT2D eigenvalue weighted by Crippen LogP contribution is -2.38. The first kappa shape index (κ1) is 13.7. The Morgan fingerprint density at radius 1 is 1.30 bits per heavy atom. The van der Waals surface area contributed by atoms with Crippen LogP contribution in [0.1, 0.15) is 32.5 Å². The number of fused-ring (bicyclic) bond motifs is 1. The third-order valence-corrected chi connectivity index (χ3v) is 5.47. The quantitative estimate of drug-likeness (QED) is 0.642. The van der Waals surface area contributed by atoms with E-state index in [1.807, 2.05) is 26.0 Å². The van der Waals surface area contributed by atoms with Gasteiger partial charge in [0.2, 0.25) is 0 Å². The Morgan fingerprint density at radius 3 is 2.75 bits per heavy atom. The van der Waals surface area contributed by atoms with Crippen LogP contribution >= 0.6 is 33.9 Å². The highest BCUT2D eigenvalue weighted by molar-refractivity contribution is 14.1. The van der Waals surface area contributed by atoms with Crippen LogP contribution in [-0.2, 0) is 0 Å². The molecule has 1 aliphatic rings. The zero-order chi connectivity index (χ0) is 14.4. The van der Waals surface area contributed by atoms with Crippen LogP contribution in [0, 0.1) is 17.4 Å². The number of hydrogen-bond acceptors (Lipinski definition) is 4. The molecule has 0 fully saturated rings. The van der Waals surface area contributed by atoms with Crippen molar-refractivity contribution >= 4 is 44.8 Å². The molecule has 3 N–H and O–H groups in total. The predicted molar refractivity (Wildman–Crippen MR) is 88.4 cm³/mol. The van der Waals surface area contributed by atoms with Crippen molar-refractivity contribution in [2.24, 2.45) is 0 Å². The molecule has 0 saturated carbocycles. The maximum Gasteiger partial charge on any atom is 0.256 e. The SMILES string of the molecule is Cc1sc2c(c1C)C(=O)N[C@@H](c1ccc(O)c(I)c1)N2. The number of hydrogen-bond donors (Lipinski definition) is 3. The lowest BCUT2D eigenvalue weighted by molar-refractivity contribution is 0.0936. The number of rotatable bonds is 1. The van der Waals surface area contributed by atoms with Crippen molar-refractivity contribution in [2.75, 3.05) is 5.32 Å². The number of anilines is 1. The number of carbonyl (C=O) groups is 1. The first-order chi connectivity index (χ1) is 9.47. The van der Waals surface area contributed by atoms with E-state index in [2.05, 4.69) is 33.2 Å². The summed E-state index contributed by atoms with van der Waals surface area (Å²) in [6, 6.07) is 5.32. The second kappa shape index (κ2) is 4.92. The topological polar surface area (TPSA) is 61.4 Å². The van der Waals surface area contributed by atoms with Crippen LogP contribution < -0.4 is 10.6 Å². The summed E-state index contributed by atoms with van der Waals surface area (Å²) in [5.41, 5.74) is 2.71. The molecule has 0 bridgehead atoms. The second-order valence-corrected chi connectivity index (χ2v) is 7.14.